The predicted molar refractivity (Wildman–Crippen MR) is 96.4 cm³/mol. The van der Waals surface area contributed by atoms with Crippen LogP contribution in [0, 0.1) is 0 Å². The largest absolute Gasteiger partial charge is 0.462 e. The Balaban J connectivity index is 2.23. The molecule has 8 heteroatoms. The zero-order valence-electron chi connectivity index (χ0n) is 13.1. The Labute approximate surface area is 150 Å². The number of esters is 1. The van der Waals surface area contributed by atoms with Crippen molar-refractivity contribution in [1.29, 1.82) is 0 Å². The first-order valence-corrected chi connectivity index (χ1v) is 10.1. The number of nitrogens with one attached hydrogen (secondary N) is 1. The number of thioether (sulfide) groups is 1. The van der Waals surface area contributed by atoms with Crippen LogP contribution in [0.1, 0.15) is 17.3 Å². The monoisotopic (exact) mass is 385 g/mol. The standard InChI is InChI=1S/C16H16ClNO4S2/c1-3-22-16(19)14-9-4-11(10-15(14)17)18-24(20,21)13-7-5-12(23-2)6-8-13/h4-10,18H,3H2,1-2H3. The summed E-state index contributed by atoms with van der Waals surface area (Å²) in [6, 6.07) is 10.8. The van der Waals surface area contributed by atoms with E-state index < -0.39 is 16.0 Å². The molecule has 0 atom stereocenters. The summed E-state index contributed by atoms with van der Waals surface area (Å²) in [5.41, 5.74) is 0.452. The van der Waals surface area contributed by atoms with Crippen LogP contribution in [-0.4, -0.2) is 27.2 Å². The molecule has 0 radical (unpaired) electrons. The van der Waals surface area contributed by atoms with Gasteiger partial charge in [-0.1, -0.05) is 11.6 Å². The Bertz CT molecular complexity index is 836. The van der Waals surface area contributed by atoms with E-state index in [2.05, 4.69) is 4.72 Å². The zero-order valence-corrected chi connectivity index (χ0v) is 15.5. The van der Waals surface area contributed by atoms with Crippen LogP contribution in [-0.2, 0) is 14.8 Å². The van der Waals surface area contributed by atoms with Crippen molar-refractivity contribution in [2.24, 2.45) is 0 Å². The van der Waals surface area contributed by atoms with Crippen LogP contribution in [0.2, 0.25) is 5.02 Å². The molecule has 0 unspecified atom stereocenters. The number of hydrogen-bond acceptors (Lipinski definition) is 5. The molecule has 0 heterocycles. The second-order valence-corrected chi connectivity index (χ2v) is 7.67. The summed E-state index contributed by atoms with van der Waals surface area (Å²) in [6.07, 6.45) is 1.91. The summed E-state index contributed by atoms with van der Waals surface area (Å²) < 4.78 is 32.1. The summed E-state index contributed by atoms with van der Waals surface area (Å²) in [5, 5.41) is 0.117. The van der Waals surface area contributed by atoms with Crippen molar-refractivity contribution in [3.05, 3.63) is 53.1 Å². The van der Waals surface area contributed by atoms with E-state index in [1.165, 1.54) is 42.1 Å². The minimum Gasteiger partial charge on any atom is -0.462 e. The highest BCUT2D eigenvalue weighted by molar-refractivity contribution is 7.98. The van der Waals surface area contributed by atoms with Crippen molar-refractivity contribution in [2.75, 3.05) is 17.6 Å². The molecule has 0 aliphatic carbocycles. The average molecular weight is 386 g/mol. The maximum Gasteiger partial charge on any atom is 0.339 e. The van der Waals surface area contributed by atoms with Crippen molar-refractivity contribution >= 4 is 45.0 Å². The van der Waals surface area contributed by atoms with Gasteiger partial charge in [0.25, 0.3) is 10.0 Å². The van der Waals surface area contributed by atoms with Gasteiger partial charge in [-0.05, 0) is 55.6 Å². The fraction of sp³-hybridized carbons (Fsp3) is 0.188. The summed E-state index contributed by atoms with van der Waals surface area (Å²) in [5.74, 6) is -0.551. The lowest BCUT2D eigenvalue weighted by molar-refractivity contribution is 0.0526. The minimum atomic E-state index is -3.73. The topological polar surface area (TPSA) is 72.5 Å². The number of rotatable bonds is 6. The second-order valence-electron chi connectivity index (χ2n) is 4.70. The van der Waals surface area contributed by atoms with E-state index in [9.17, 15) is 13.2 Å². The Morgan fingerprint density at radius 3 is 2.42 bits per heavy atom. The molecule has 128 valence electrons. The molecule has 0 amide bonds. The predicted octanol–water partition coefficient (Wildman–Crippen LogP) is 4.04. The molecule has 24 heavy (non-hydrogen) atoms. The van der Waals surface area contributed by atoms with Crippen molar-refractivity contribution in [3.8, 4) is 0 Å². The van der Waals surface area contributed by atoms with Crippen LogP contribution in [0.4, 0.5) is 5.69 Å². The SMILES string of the molecule is CCOC(=O)c1ccc(NS(=O)(=O)c2ccc(SC)cc2)cc1Cl. The Hall–Kier alpha value is -1.70. The second kappa shape index (κ2) is 7.92. The van der Waals surface area contributed by atoms with Crippen LogP contribution >= 0.6 is 23.4 Å². The van der Waals surface area contributed by atoms with Crippen molar-refractivity contribution in [1.82, 2.24) is 0 Å². The number of anilines is 1. The highest BCUT2D eigenvalue weighted by Gasteiger charge is 2.16. The van der Waals surface area contributed by atoms with Gasteiger partial charge in [0.05, 0.1) is 27.8 Å². The molecule has 5 nitrogen and oxygen atoms in total. The number of carbonyl (C=O) groups excluding carboxylic acids is 1. The number of sulfonamides is 1. The number of hydrogen-bond donors (Lipinski definition) is 1. The summed E-state index contributed by atoms with van der Waals surface area (Å²) in [4.78, 5) is 12.8. The zero-order chi connectivity index (χ0) is 17.7. The molecule has 2 aromatic rings. The Morgan fingerprint density at radius 2 is 1.88 bits per heavy atom. The lowest BCUT2D eigenvalue weighted by atomic mass is 10.2. The third kappa shape index (κ3) is 4.43. The Kier molecular flexibility index (Phi) is 6.15. The Morgan fingerprint density at radius 1 is 1.21 bits per heavy atom. The molecule has 0 aliphatic rings. The van der Waals surface area contributed by atoms with E-state index in [4.69, 9.17) is 16.3 Å². The fourth-order valence-corrected chi connectivity index (χ4v) is 3.64. The van der Waals surface area contributed by atoms with Crippen molar-refractivity contribution in [3.63, 3.8) is 0 Å². The number of halogens is 1. The summed E-state index contributed by atoms with van der Waals surface area (Å²) >= 11 is 7.56. The molecule has 2 aromatic carbocycles. The van der Waals surface area contributed by atoms with Gasteiger partial charge in [0.2, 0.25) is 0 Å². The molecule has 1 N–H and O–H groups in total. The van der Waals surface area contributed by atoms with Crippen LogP contribution in [0.25, 0.3) is 0 Å². The van der Waals surface area contributed by atoms with Gasteiger partial charge >= 0.3 is 5.97 Å². The van der Waals surface area contributed by atoms with Crippen molar-refractivity contribution in [2.45, 2.75) is 16.7 Å². The fourth-order valence-electron chi connectivity index (χ4n) is 1.92. The molecule has 0 fully saturated rings. The van der Waals surface area contributed by atoms with Crippen LogP contribution in [0.15, 0.2) is 52.3 Å². The first-order chi connectivity index (χ1) is 11.4. The molecular weight excluding hydrogens is 370 g/mol. The molecular formula is C16H16ClNO4S2. The smallest absolute Gasteiger partial charge is 0.339 e. The van der Waals surface area contributed by atoms with E-state index in [0.29, 0.717) is 0 Å². The van der Waals surface area contributed by atoms with Crippen molar-refractivity contribution < 1.29 is 17.9 Å². The molecule has 0 aliphatic heterocycles. The van der Waals surface area contributed by atoms with Gasteiger partial charge in [0.1, 0.15) is 0 Å². The third-order valence-electron chi connectivity index (χ3n) is 3.09. The molecule has 0 aromatic heterocycles. The van der Waals surface area contributed by atoms with Gasteiger partial charge in [0, 0.05) is 4.90 Å². The molecule has 0 saturated carbocycles. The van der Waals surface area contributed by atoms with Gasteiger partial charge in [-0.25, -0.2) is 13.2 Å². The summed E-state index contributed by atoms with van der Waals surface area (Å²) in [7, 11) is -3.73. The van der Waals surface area contributed by atoms with Crippen LogP contribution in [0.5, 0.6) is 0 Å². The number of carbonyl (C=O) groups is 1. The van der Waals surface area contributed by atoms with Gasteiger partial charge in [-0.15, -0.1) is 11.8 Å². The minimum absolute atomic E-state index is 0.117. The first kappa shape index (κ1) is 18.6. The lowest BCUT2D eigenvalue weighted by Crippen LogP contribution is -2.13. The van der Waals surface area contributed by atoms with E-state index in [1.807, 2.05) is 6.26 Å². The average Bonchev–Trinajstić information content (AvgIpc) is 2.54. The van der Waals surface area contributed by atoms with Crippen LogP contribution < -0.4 is 4.72 Å². The summed E-state index contributed by atoms with van der Waals surface area (Å²) in [6.45, 7) is 1.92. The highest BCUT2D eigenvalue weighted by atomic mass is 35.5. The van der Waals surface area contributed by atoms with E-state index >= 15 is 0 Å². The number of benzene rings is 2. The maximum absolute atomic E-state index is 12.4. The highest BCUT2D eigenvalue weighted by Crippen LogP contribution is 2.25. The maximum atomic E-state index is 12.4. The van der Waals surface area contributed by atoms with Gasteiger partial charge < -0.3 is 4.74 Å². The lowest BCUT2D eigenvalue weighted by Gasteiger charge is -2.10. The van der Waals surface area contributed by atoms with Gasteiger partial charge in [0.15, 0.2) is 0 Å². The van der Waals surface area contributed by atoms with Gasteiger partial charge in [-0.2, -0.15) is 0 Å². The van der Waals surface area contributed by atoms with E-state index in [1.54, 1.807) is 19.1 Å². The van der Waals surface area contributed by atoms with Crippen LogP contribution in [0.3, 0.4) is 0 Å². The molecule has 0 bridgehead atoms. The van der Waals surface area contributed by atoms with Gasteiger partial charge in [-0.3, -0.25) is 4.72 Å². The quantitative estimate of drug-likeness (QED) is 0.600. The van der Waals surface area contributed by atoms with E-state index in [0.717, 1.165) is 4.90 Å². The number of ether oxygens (including phenoxy) is 1. The molecule has 0 spiro atoms. The normalized spacial score (nSPS) is 11.1. The van der Waals surface area contributed by atoms with E-state index in [-0.39, 0.29) is 27.8 Å². The molecule has 2 rings (SSSR count). The third-order valence-corrected chi connectivity index (χ3v) is 5.54. The molecule has 0 saturated heterocycles. The first-order valence-electron chi connectivity index (χ1n) is 7.01.